The SMILES string of the molecule is C=CC1=C(C)C2=NC1=CC1=NC(=C(CC)/C1=C\O)C=C1N=C3C(=C4NC(=C2)[C@@H](C)[C@@H]4CCC(=O)OC)CC(=O)C3=C1C. The van der Waals surface area contributed by atoms with Gasteiger partial charge in [-0.2, -0.15) is 0 Å². The largest absolute Gasteiger partial charge is 0.515 e. The van der Waals surface area contributed by atoms with Crippen molar-refractivity contribution in [1.29, 1.82) is 0 Å². The zero-order chi connectivity index (χ0) is 29.9. The summed E-state index contributed by atoms with van der Waals surface area (Å²) in [6.45, 7) is 12.1. The number of carbonyl (C=O) groups excluding carboxylic acids is 2. The van der Waals surface area contributed by atoms with Gasteiger partial charge in [0.2, 0.25) is 0 Å². The van der Waals surface area contributed by atoms with Crippen molar-refractivity contribution in [2.24, 2.45) is 26.8 Å². The van der Waals surface area contributed by atoms with Gasteiger partial charge in [-0.25, -0.2) is 15.0 Å². The number of nitrogens with zero attached hydrogens (tertiary/aromatic N) is 3. The minimum atomic E-state index is -0.262. The summed E-state index contributed by atoms with van der Waals surface area (Å²) < 4.78 is 4.95. The number of ketones is 1. The number of aliphatic hydroxyl groups excluding tert-OH is 1. The number of allylic oxidation sites excluding steroid dienone is 12. The number of carbonyl (C=O) groups is 2. The molecule has 1 saturated carbocycles. The van der Waals surface area contributed by atoms with Gasteiger partial charge in [-0.05, 0) is 61.6 Å². The van der Waals surface area contributed by atoms with Crippen LogP contribution >= 0.6 is 0 Å². The minimum Gasteiger partial charge on any atom is -0.515 e. The molecule has 6 rings (SSSR count). The van der Waals surface area contributed by atoms with Crippen molar-refractivity contribution >= 4 is 28.9 Å². The standard InChI is InChI=1S/C34H34N4O4/c1-7-19-16(3)24-12-25-17(4)21(9-10-31(41)42-6)33(37-25)22-11-30(40)32-18(5)26(38-34(22)32)13-28-20(8-2)23(15-39)29(36-28)14-27(19)35-24/h7,12-15,17,21,37,39H,1,8-11H2,2-6H3/b23-15+,25-12?,26-13?,27-14?,33-22?/t17-,21-/m0/s1. The lowest BCUT2D eigenvalue weighted by atomic mass is 9.86. The van der Waals surface area contributed by atoms with E-state index in [4.69, 9.17) is 19.7 Å². The molecule has 0 aromatic carbocycles. The number of nitrogens with one attached hydrogen (secondary N) is 1. The van der Waals surface area contributed by atoms with E-state index < -0.39 is 0 Å². The van der Waals surface area contributed by atoms with E-state index in [-0.39, 0.29) is 36.4 Å². The predicted molar refractivity (Wildman–Crippen MR) is 164 cm³/mol. The van der Waals surface area contributed by atoms with Crippen LogP contribution in [0.25, 0.3) is 0 Å². The van der Waals surface area contributed by atoms with E-state index in [2.05, 4.69) is 24.9 Å². The number of esters is 1. The quantitative estimate of drug-likeness (QED) is 0.316. The summed E-state index contributed by atoms with van der Waals surface area (Å²) >= 11 is 0. The molecule has 8 nitrogen and oxygen atoms in total. The Balaban J connectivity index is 1.62. The van der Waals surface area contributed by atoms with Crippen LogP contribution in [0.15, 0.2) is 120 Å². The Bertz CT molecular complexity index is 1730. The summed E-state index contributed by atoms with van der Waals surface area (Å²) in [7, 11) is 1.40. The van der Waals surface area contributed by atoms with Gasteiger partial charge in [0.25, 0.3) is 0 Å². The fourth-order valence-electron chi connectivity index (χ4n) is 6.70. The molecule has 6 aliphatic rings. The van der Waals surface area contributed by atoms with Crippen molar-refractivity contribution in [3.05, 3.63) is 105 Å². The van der Waals surface area contributed by atoms with E-state index in [1.165, 1.54) is 7.11 Å². The molecule has 0 spiro atoms. The lowest BCUT2D eigenvalue weighted by Crippen LogP contribution is -2.15. The Labute approximate surface area is 245 Å². The Morgan fingerprint density at radius 1 is 1.14 bits per heavy atom. The highest BCUT2D eigenvalue weighted by Gasteiger charge is 2.43. The number of fused-ring (bicyclic) bond motifs is 5. The first-order chi connectivity index (χ1) is 20.2. The molecule has 1 aliphatic carbocycles. The van der Waals surface area contributed by atoms with Gasteiger partial charge in [-0.1, -0.05) is 26.5 Å². The van der Waals surface area contributed by atoms with E-state index in [0.29, 0.717) is 46.8 Å². The molecule has 5 heterocycles. The van der Waals surface area contributed by atoms with Crippen LogP contribution in [0.4, 0.5) is 0 Å². The zero-order valence-electron chi connectivity index (χ0n) is 24.6. The molecule has 2 fully saturated rings. The van der Waals surface area contributed by atoms with Gasteiger partial charge >= 0.3 is 5.97 Å². The molecule has 0 unspecified atom stereocenters. The average molecular weight is 563 g/mol. The number of Topliss-reactive ketones (excluding diaryl/α,β-unsaturated/α-hetero) is 1. The van der Waals surface area contributed by atoms with Gasteiger partial charge < -0.3 is 15.2 Å². The second-order valence-corrected chi connectivity index (χ2v) is 11.2. The first kappa shape index (κ1) is 27.6. The number of rotatable bonds is 5. The molecule has 0 aromatic heterocycles. The topological polar surface area (TPSA) is 113 Å². The summed E-state index contributed by atoms with van der Waals surface area (Å²) in [6, 6.07) is 0. The molecule has 8 heteroatoms. The highest BCUT2D eigenvalue weighted by atomic mass is 16.5. The average Bonchev–Trinajstić information content (AvgIpc) is 3.73. The van der Waals surface area contributed by atoms with Crippen molar-refractivity contribution < 1.29 is 19.4 Å². The number of aliphatic hydroxyl groups is 1. The van der Waals surface area contributed by atoms with Crippen LogP contribution in [-0.4, -0.2) is 41.1 Å². The number of methoxy groups -OCH3 is 1. The normalized spacial score (nSPS) is 25.5. The zero-order valence-corrected chi connectivity index (χ0v) is 24.6. The summed E-state index contributed by atoms with van der Waals surface area (Å²) in [6.07, 6.45) is 10.5. The number of aliphatic imine (C=N–C) groups is 3. The van der Waals surface area contributed by atoms with E-state index in [1.807, 2.05) is 32.9 Å². The molecule has 5 aliphatic heterocycles. The number of ether oxygens (including phenoxy) is 1. The smallest absolute Gasteiger partial charge is 0.305 e. The van der Waals surface area contributed by atoms with Gasteiger partial charge in [0.05, 0.1) is 47.6 Å². The summed E-state index contributed by atoms with van der Waals surface area (Å²) in [4.78, 5) is 40.5. The van der Waals surface area contributed by atoms with Gasteiger partial charge in [-0.15, -0.1) is 0 Å². The molecule has 214 valence electrons. The molecule has 2 atom stereocenters. The molecular formula is C34H34N4O4. The fourth-order valence-corrected chi connectivity index (χ4v) is 6.70. The van der Waals surface area contributed by atoms with Gasteiger partial charge in [-0.3, -0.25) is 9.59 Å². The summed E-state index contributed by atoms with van der Waals surface area (Å²) in [5.41, 5.74) is 11.9. The van der Waals surface area contributed by atoms with E-state index in [1.54, 1.807) is 6.08 Å². The maximum Gasteiger partial charge on any atom is 0.305 e. The molecular weight excluding hydrogens is 528 g/mol. The van der Waals surface area contributed by atoms with Gasteiger partial charge in [0.15, 0.2) is 5.78 Å². The molecule has 0 amide bonds. The minimum absolute atomic E-state index is 0.0300. The highest BCUT2D eigenvalue weighted by Crippen LogP contribution is 2.45. The predicted octanol–water partition coefficient (Wildman–Crippen LogP) is 5.98. The van der Waals surface area contributed by atoms with Crippen LogP contribution in [-0.2, 0) is 14.3 Å². The molecule has 8 bridgehead atoms. The van der Waals surface area contributed by atoms with Crippen LogP contribution in [0.1, 0.15) is 53.4 Å². The lowest BCUT2D eigenvalue weighted by Gasteiger charge is -2.17. The third-order valence-electron chi connectivity index (χ3n) is 9.07. The molecule has 0 radical (unpaired) electrons. The summed E-state index contributed by atoms with van der Waals surface area (Å²) in [5.74, 6) is -0.221. The van der Waals surface area contributed by atoms with Crippen LogP contribution in [0.3, 0.4) is 0 Å². The van der Waals surface area contributed by atoms with Crippen molar-refractivity contribution in [1.82, 2.24) is 5.32 Å². The highest BCUT2D eigenvalue weighted by molar-refractivity contribution is 6.38. The molecule has 0 aromatic rings. The van der Waals surface area contributed by atoms with E-state index >= 15 is 0 Å². The first-order valence-corrected chi connectivity index (χ1v) is 14.4. The Hall–Kier alpha value is -4.59. The summed E-state index contributed by atoms with van der Waals surface area (Å²) in [5, 5.41) is 13.9. The van der Waals surface area contributed by atoms with Crippen molar-refractivity contribution in [3.8, 4) is 0 Å². The second-order valence-electron chi connectivity index (χ2n) is 11.2. The maximum atomic E-state index is 13.4. The van der Waals surface area contributed by atoms with Gasteiger partial charge in [0, 0.05) is 58.4 Å². The Kier molecular flexibility index (Phi) is 6.80. The lowest BCUT2D eigenvalue weighted by molar-refractivity contribution is -0.140. The number of hydrogen-bond acceptors (Lipinski definition) is 8. The van der Waals surface area contributed by atoms with Gasteiger partial charge in [0.1, 0.15) is 0 Å². The van der Waals surface area contributed by atoms with Crippen LogP contribution in [0, 0.1) is 11.8 Å². The monoisotopic (exact) mass is 562 g/mol. The van der Waals surface area contributed by atoms with E-state index in [0.717, 1.165) is 56.9 Å². The number of hydrogen-bond donors (Lipinski definition) is 2. The van der Waals surface area contributed by atoms with Crippen LogP contribution < -0.4 is 5.32 Å². The van der Waals surface area contributed by atoms with Crippen LogP contribution in [0.2, 0.25) is 0 Å². The Morgan fingerprint density at radius 3 is 2.62 bits per heavy atom. The van der Waals surface area contributed by atoms with Crippen LogP contribution in [0.5, 0.6) is 0 Å². The Morgan fingerprint density at radius 2 is 1.93 bits per heavy atom. The molecule has 42 heavy (non-hydrogen) atoms. The maximum absolute atomic E-state index is 13.4. The molecule has 1 saturated heterocycles. The van der Waals surface area contributed by atoms with Crippen molar-refractivity contribution in [3.63, 3.8) is 0 Å². The van der Waals surface area contributed by atoms with Crippen molar-refractivity contribution in [2.75, 3.05) is 7.11 Å². The third kappa shape index (κ3) is 4.16. The van der Waals surface area contributed by atoms with Crippen molar-refractivity contribution in [2.45, 2.75) is 53.4 Å². The second kappa shape index (κ2) is 10.4. The molecule has 2 N–H and O–H groups in total. The fraction of sp³-hybridized carbons (Fsp3) is 0.324. The third-order valence-corrected chi connectivity index (χ3v) is 9.07. The van der Waals surface area contributed by atoms with E-state index in [9.17, 15) is 14.7 Å². The first-order valence-electron chi connectivity index (χ1n) is 14.4.